The van der Waals surface area contributed by atoms with Crippen molar-refractivity contribution in [1.82, 2.24) is 4.90 Å². The number of Topliss-reactive ketones (excluding diaryl/α,β-unsaturated/α-hetero) is 1. The molecule has 1 aliphatic heterocycles. The van der Waals surface area contributed by atoms with Crippen molar-refractivity contribution in [3.63, 3.8) is 0 Å². The molecular formula is C9H13NO4S2. The normalized spacial score (nSPS) is 22.2. The summed E-state index contributed by atoms with van der Waals surface area (Å²) in [5, 5.41) is 8.51. The number of rotatable bonds is 4. The summed E-state index contributed by atoms with van der Waals surface area (Å²) in [5.74, 6) is -1.32. The van der Waals surface area contributed by atoms with Crippen LogP contribution in [0, 0.1) is 0 Å². The summed E-state index contributed by atoms with van der Waals surface area (Å²) < 4.78 is 0. The van der Waals surface area contributed by atoms with Crippen molar-refractivity contribution in [3.05, 3.63) is 0 Å². The lowest BCUT2D eigenvalue weighted by molar-refractivity contribution is -0.147. The van der Waals surface area contributed by atoms with Gasteiger partial charge in [-0.1, -0.05) is 0 Å². The lowest BCUT2D eigenvalue weighted by atomic mass is 10.2. The maximum Gasteiger partial charge on any atom is 0.326 e. The van der Waals surface area contributed by atoms with E-state index >= 15 is 0 Å². The molecule has 5 nitrogen and oxygen atoms in total. The Bertz CT molecular complexity index is 317. The third-order valence-electron chi connectivity index (χ3n) is 2.44. The van der Waals surface area contributed by atoms with Crippen LogP contribution in [0.15, 0.2) is 0 Å². The van der Waals surface area contributed by atoms with E-state index in [1.165, 1.54) is 11.8 Å². The van der Waals surface area contributed by atoms with Gasteiger partial charge >= 0.3 is 5.97 Å². The second-order valence-corrected chi connectivity index (χ2v) is 4.88. The van der Waals surface area contributed by atoms with Gasteiger partial charge in [0.25, 0.3) is 0 Å². The van der Waals surface area contributed by atoms with Gasteiger partial charge in [0.05, 0.1) is 11.8 Å². The summed E-state index contributed by atoms with van der Waals surface area (Å²) in [6.45, 7) is -0.0966. The van der Waals surface area contributed by atoms with Crippen LogP contribution in [0.3, 0.4) is 0 Å². The monoisotopic (exact) mass is 263 g/mol. The lowest BCUT2D eigenvalue weighted by Gasteiger charge is -2.24. The average molecular weight is 263 g/mol. The second kappa shape index (κ2) is 5.58. The molecule has 1 rings (SSSR count). The number of aliphatic carboxylic acids is 1. The molecule has 16 heavy (non-hydrogen) atoms. The molecule has 7 heteroatoms. The first kappa shape index (κ1) is 13.4. The summed E-state index contributed by atoms with van der Waals surface area (Å²) in [6.07, 6.45) is 1.67. The highest BCUT2D eigenvalue weighted by Gasteiger charge is 2.40. The maximum absolute atomic E-state index is 11.9. The summed E-state index contributed by atoms with van der Waals surface area (Å²) in [4.78, 5) is 35.1. The van der Waals surface area contributed by atoms with Crippen molar-refractivity contribution in [2.75, 3.05) is 18.6 Å². The Labute approximate surface area is 103 Å². The number of carboxylic acid groups (broad SMARTS) is 1. The fraction of sp³-hybridized carbons (Fsp3) is 0.667. The molecule has 0 bridgehead atoms. The second-order valence-electron chi connectivity index (χ2n) is 3.47. The number of carboxylic acids is 1. The molecule has 1 aliphatic rings. The fourth-order valence-corrected chi connectivity index (χ4v) is 2.67. The number of carbonyl (C=O) groups excluding carboxylic acids is 2. The number of thioether (sulfide) groups is 1. The molecule has 90 valence electrons. The van der Waals surface area contributed by atoms with E-state index in [1.807, 2.05) is 0 Å². The van der Waals surface area contributed by atoms with Gasteiger partial charge in [-0.25, -0.2) is 4.79 Å². The van der Waals surface area contributed by atoms with Crippen molar-refractivity contribution < 1.29 is 19.5 Å². The van der Waals surface area contributed by atoms with Crippen LogP contribution in [0.25, 0.3) is 0 Å². The Morgan fingerprint density at radius 1 is 1.69 bits per heavy atom. The van der Waals surface area contributed by atoms with Crippen LogP contribution >= 0.6 is 24.4 Å². The highest BCUT2D eigenvalue weighted by molar-refractivity contribution is 8.00. The van der Waals surface area contributed by atoms with Crippen LogP contribution in [0.5, 0.6) is 0 Å². The van der Waals surface area contributed by atoms with Crippen molar-refractivity contribution in [2.24, 2.45) is 0 Å². The number of hydrogen-bond donors (Lipinski definition) is 2. The third kappa shape index (κ3) is 2.70. The number of hydrogen-bond acceptors (Lipinski definition) is 5. The van der Waals surface area contributed by atoms with Crippen LogP contribution in [0.1, 0.15) is 6.42 Å². The van der Waals surface area contributed by atoms with Crippen LogP contribution in [-0.2, 0) is 14.4 Å². The molecule has 1 fully saturated rings. The first-order valence-corrected chi connectivity index (χ1v) is 6.62. The molecule has 0 aromatic carbocycles. The molecule has 0 aromatic rings. The SMILES string of the molecule is CSC(CS)C(=O)N1CC(=O)C[C@H]1C(=O)O. The maximum atomic E-state index is 11.9. The summed E-state index contributed by atoms with van der Waals surface area (Å²) in [7, 11) is 0. The predicted octanol–water partition coefficient (Wildman–Crippen LogP) is -0.0976. The van der Waals surface area contributed by atoms with E-state index in [2.05, 4.69) is 12.6 Å². The first-order valence-electron chi connectivity index (χ1n) is 4.70. The highest BCUT2D eigenvalue weighted by atomic mass is 32.2. The van der Waals surface area contributed by atoms with Crippen LogP contribution in [0.4, 0.5) is 0 Å². The van der Waals surface area contributed by atoms with Gasteiger partial charge in [0.2, 0.25) is 5.91 Å². The van der Waals surface area contributed by atoms with Gasteiger partial charge in [0.1, 0.15) is 6.04 Å². The molecule has 1 N–H and O–H groups in total. The van der Waals surface area contributed by atoms with Gasteiger partial charge in [-0.3, -0.25) is 9.59 Å². The molecule has 1 unspecified atom stereocenters. The van der Waals surface area contributed by atoms with Gasteiger partial charge in [0.15, 0.2) is 5.78 Å². The van der Waals surface area contributed by atoms with Gasteiger partial charge in [-0.2, -0.15) is 24.4 Å². The van der Waals surface area contributed by atoms with Crippen LogP contribution in [-0.4, -0.2) is 57.5 Å². The molecular weight excluding hydrogens is 250 g/mol. The molecule has 2 atom stereocenters. The molecule has 1 saturated heterocycles. The molecule has 1 heterocycles. The van der Waals surface area contributed by atoms with E-state index in [1.54, 1.807) is 6.26 Å². The zero-order valence-corrected chi connectivity index (χ0v) is 10.5. The number of ketones is 1. The number of thiol groups is 1. The minimum atomic E-state index is -1.13. The quantitative estimate of drug-likeness (QED) is 0.693. The Balaban J connectivity index is 2.81. The molecule has 0 saturated carbocycles. The Morgan fingerprint density at radius 2 is 2.31 bits per heavy atom. The number of amides is 1. The zero-order valence-electron chi connectivity index (χ0n) is 8.75. The molecule has 0 aliphatic carbocycles. The van der Waals surface area contributed by atoms with E-state index in [4.69, 9.17) is 5.11 Å². The molecule has 0 aromatic heterocycles. The topological polar surface area (TPSA) is 74.7 Å². The number of nitrogens with zero attached hydrogens (tertiary/aromatic N) is 1. The average Bonchev–Trinajstić information content (AvgIpc) is 2.62. The van der Waals surface area contributed by atoms with Gasteiger partial charge in [-0.15, -0.1) is 0 Å². The molecule has 0 spiro atoms. The van der Waals surface area contributed by atoms with E-state index in [0.717, 1.165) is 4.90 Å². The van der Waals surface area contributed by atoms with Crippen LogP contribution < -0.4 is 0 Å². The smallest absolute Gasteiger partial charge is 0.326 e. The van der Waals surface area contributed by atoms with Gasteiger partial charge in [0, 0.05) is 12.2 Å². The highest BCUT2D eigenvalue weighted by Crippen LogP contribution is 2.20. The Kier molecular flexibility index (Phi) is 4.67. The Hall–Kier alpha value is -0.690. The van der Waals surface area contributed by atoms with Crippen LogP contribution in [0.2, 0.25) is 0 Å². The molecule has 1 amide bonds. The Morgan fingerprint density at radius 3 is 2.75 bits per heavy atom. The third-order valence-corrected chi connectivity index (χ3v) is 3.99. The zero-order chi connectivity index (χ0) is 12.3. The van der Waals surface area contributed by atoms with Gasteiger partial charge < -0.3 is 10.0 Å². The first-order chi connectivity index (χ1) is 7.51. The summed E-state index contributed by atoms with van der Waals surface area (Å²) in [6, 6.07) is -1.01. The standard InChI is InChI=1S/C9H13NO4S2/c1-16-7(4-15)8(12)10-3-5(11)2-6(10)9(13)14/h6-7,15H,2-4H2,1H3,(H,13,14)/t6-,7?/m0/s1. The van der Waals surface area contributed by atoms with Gasteiger partial charge in [-0.05, 0) is 6.26 Å². The van der Waals surface area contributed by atoms with Crippen molar-refractivity contribution in [2.45, 2.75) is 17.7 Å². The van der Waals surface area contributed by atoms with E-state index < -0.39 is 17.3 Å². The minimum absolute atomic E-state index is 0.0885. The summed E-state index contributed by atoms with van der Waals surface area (Å²) >= 11 is 5.34. The molecule has 0 radical (unpaired) electrons. The van der Waals surface area contributed by atoms with Crippen molar-refractivity contribution in [3.8, 4) is 0 Å². The minimum Gasteiger partial charge on any atom is -0.480 e. The number of carbonyl (C=O) groups is 3. The predicted molar refractivity (Wildman–Crippen MR) is 63.9 cm³/mol. The number of likely N-dealkylation sites (tertiary alicyclic amines) is 1. The van der Waals surface area contributed by atoms with Crippen molar-refractivity contribution in [1.29, 1.82) is 0 Å². The lowest BCUT2D eigenvalue weighted by Crippen LogP contribution is -2.45. The van der Waals surface area contributed by atoms with Crippen molar-refractivity contribution >= 4 is 42.1 Å². The van der Waals surface area contributed by atoms with E-state index in [-0.39, 0.29) is 24.7 Å². The van der Waals surface area contributed by atoms with E-state index in [0.29, 0.717) is 5.75 Å². The van der Waals surface area contributed by atoms with E-state index in [9.17, 15) is 14.4 Å². The fourth-order valence-electron chi connectivity index (χ4n) is 1.58. The largest absolute Gasteiger partial charge is 0.480 e. The summed E-state index contributed by atoms with van der Waals surface area (Å²) in [5.41, 5.74) is 0.